The van der Waals surface area contributed by atoms with Gasteiger partial charge in [0.15, 0.2) is 5.82 Å². The molecular formula is C10H17F3N4. The number of nitrogens with two attached hydrogens (primary N) is 1. The van der Waals surface area contributed by atoms with Crippen LogP contribution in [0.2, 0.25) is 0 Å². The molecule has 17 heavy (non-hydrogen) atoms. The van der Waals surface area contributed by atoms with Crippen LogP contribution < -0.4 is 5.73 Å². The fourth-order valence-electron chi connectivity index (χ4n) is 1.68. The second-order valence-electron chi connectivity index (χ2n) is 5.02. The Morgan fingerprint density at radius 3 is 2.29 bits per heavy atom. The van der Waals surface area contributed by atoms with Crippen molar-refractivity contribution >= 4 is 5.82 Å². The second kappa shape index (κ2) is 4.54. The second-order valence-corrected chi connectivity index (χ2v) is 5.02. The van der Waals surface area contributed by atoms with Gasteiger partial charge in [-0.1, -0.05) is 26.0 Å². The van der Waals surface area contributed by atoms with Crippen molar-refractivity contribution in [3.05, 3.63) is 5.69 Å². The molecule has 0 amide bonds. The molecule has 1 rings (SSSR count). The number of alkyl halides is 3. The molecule has 0 aromatic carbocycles. The molecule has 4 nitrogen and oxygen atoms in total. The van der Waals surface area contributed by atoms with E-state index >= 15 is 0 Å². The van der Waals surface area contributed by atoms with Gasteiger partial charge in [0.05, 0.1) is 5.69 Å². The normalized spacial score (nSPS) is 13.1. The quantitative estimate of drug-likeness (QED) is 0.896. The van der Waals surface area contributed by atoms with Gasteiger partial charge in [0, 0.05) is 18.4 Å². The van der Waals surface area contributed by atoms with Crippen molar-refractivity contribution < 1.29 is 13.2 Å². The van der Waals surface area contributed by atoms with Gasteiger partial charge < -0.3 is 5.73 Å². The van der Waals surface area contributed by atoms with Crippen LogP contribution in [0.15, 0.2) is 0 Å². The van der Waals surface area contributed by atoms with E-state index in [4.69, 9.17) is 5.73 Å². The molecule has 0 atom stereocenters. The van der Waals surface area contributed by atoms with Crippen LogP contribution in [0.4, 0.5) is 19.0 Å². The first-order valence-electron chi connectivity index (χ1n) is 5.37. The van der Waals surface area contributed by atoms with Crippen molar-refractivity contribution in [1.29, 1.82) is 0 Å². The summed E-state index contributed by atoms with van der Waals surface area (Å²) in [5, 5.41) is 7.48. The maximum absolute atomic E-state index is 12.0. The lowest BCUT2D eigenvalue weighted by atomic mass is 9.92. The van der Waals surface area contributed by atoms with E-state index in [0.29, 0.717) is 5.69 Å². The first-order valence-corrected chi connectivity index (χ1v) is 5.37. The highest BCUT2D eigenvalue weighted by atomic mass is 19.4. The topological polar surface area (TPSA) is 56.7 Å². The molecule has 98 valence electrons. The summed E-state index contributed by atoms with van der Waals surface area (Å²) in [5.74, 6) is 0.282. The van der Waals surface area contributed by atoms with E-state index in [0.717, 1.165) is 0 Å². The average molecular weight is 250 g/mol. The molecule has 1 aromatic heterocycles. The minimum atomic E-state index is -4.13. The Bertz CT molecular complexity index is 376. The van der Waals surface area contributed by atoms with Crippen molar-refractivity contribution in [3.8, 4) is 0 Å². The molecule has 2 N–H and O–H groups in total. The monoisotopic (exact) mass is 250 g/mol. The number of rotatable bonds is 3. The summed E-state index contributed by atoms with van der Waals surface area (Å²) < 4.78 is 37.5. The van der Waals surface area contributed by atoms with Crippen molar-refractivity contribution in [2.75, 3.05) is 5.73 Å². The van der Waals surface area contributed by atoms with Crippen LogP contribution in [0.1, 0.15) is 39.3 Å². The third-order valence-corrected chi connectivity index (χ3v) is 2.30. The Labute approximate surface area is 98.0 Å². The lowest BCUT2D eigenvalue weighted by Crippen LogP contribution is -2.21. The summed E-state index contributed by atoms with van der Waals surface area (Å²) in [5.41, 5.74) is 6.06. The van der Waals surface area contributed by atoms with E-state index in [1.54, 1.807) is 0 Å². The minimum Gasteiger partial charge on any atom is -0.381 e. The molecule has 7 heteroatoms. The van der Waals surface area contributed by atoms with E-state index in [1.165, 1.54) is 4.68 Å². The average Bonchev–Trinajstić information content (AvgIpc) is 2.43. The first kappa shape index (κ1) is 13.8. The summed E-state index contributed by atoms with van der Waals surface area (Å²) >= 11 is 0. The predicted molar refractivity (Wildman–Crippen MR) is 58.4 cm³/mol. The van der Waals surface area contributed by atoms with E-state index < -0.39 is 12.6 Å². The van der Waals surface area contributed by atoms with Crippen LogP contribution in [0.5, 0.6) is 0 Å². The largest absolute Gasteiger partial charge is 0.389 e. The number of hydrogen-bond donors (Lipinski definition) is 1. The molecule has 0 aliphatic carbocycles. The number of aromatic nitrogens is 3. The SMILES string of the molecule is CC(C)(C)c1c(N)nnn1CCCC(F)(F)F. The first-order chi connectivity index (χ1) is 7.61. The number of hydrogen-bond acceptors (Lipinski definition) is 3. The Kier molecular flexibility index (Phi) is 3.68. The third-order valence-electron chi connectivity index (χ3n) is 2.30. The van der Waals surface area contributed by atoms with Gasteiger partial charge in [0.25, 0.3) is 0 Å². The standard InChI is InChI=1S/C10H17F3N4/c1-9(2,3)7-8(14)15-16-17(7)6-4-5-10(11,12)13/h4-6,14H2,1-3H3. The van der Waals surface area contributed by atoms with Crippen molar-refractivity contribution in [1.82, 2.24) is 15.0 Å². The van der Waals surface area contributed by atoms with Crippen LogP contribution >= 0.6 is 0 Å². The van der Waals surface area contributed by atoms with E-state index in [-0.39, 0.29) is 24.2 Å². The minimum absolute atomic E-state index is 0.0185. The maximum Gasteiger partial charge on any atom is 0.389 e. The van der Waals surface area contributed by atoms with Gasteiger partial charge >= 0.3 is 6.18 Å². The molecule has 1 heterocycles. The fourth-order valence-corrected chi connectivity index (χ4v) is 1.68. The summed E-state index contributed by atoms with van der Waals surface area (Å²) in [4.78, 5) is 0. The Balaban J connectivity index is 2.73. The highest BCUT2D eigenvalue weighted by Crippen LogP contribution is 2.27. The van der Waals surface area contributed by atoms with Gasteiger partial charge in [0.1, 0.15) is 0 Å². The van der Waals surface area contributed by atoms with Gasteiger partial charge in [-0.25, -0.2) is 4.68 Å². The molecule has 0 aliphatic rings. The number of nitrogen functional groups attached to an aromatic ring is 1. The summed E-state index contributed by atoms with van der Waals surface area (Å²) in [6, 6.07) is 0. The van der Waals surface area contributed by atoms with E-state index in [1.807, 2.05) is 20.8 Å². The summed E-state index contributed by atoms with van der Waals surface area (Å²) in [7, 11) is 0. The predicted octanol–water partition coefficient (Wildman–Crippen LogP) is 2.50. The number of halogens is 3. The molecule has 0 saturated carbocycles. The fraction of sp³-hybridized carbons (Fsp3) is 0.800. The van der Waals surface area contributed by atoms with Gasteiger partial charge in [-0.05, 0) is 6.42 Å². The lowest BCUT2D eigenvalue weighted by molar-refractivity contribution is -0.136. The molecule has 0 bridgehead atoms. The molecule has 0 fully saturated rings. The number of nitrogens with zero attached hydrogens (tertiary/aromatic N) is 3. The lowest BCUT2D eigenvalue weighted by Gasteiger charge is -2.20. The molecule has 1 aromatic rings. The highest BCUT2D eigenvalue weighted by molar-refractivity contribution is 5.37. The highest BCUT2D eigenvalue weighted by Gasteiger charge is 2.28. The Morgan fingerprint density at radius 1 is 1.24 bits per heavy atom. The van der Waals surface area contributed by atoms with Gasteiger partial charge in [-0.15, -0.1) is 5.10 Å². The maximum atomic E-state index is 12.0. The van der Waals surface area contributed by atoms with Crippen LogP contribution in [0.3, 0.4) is 0 Å². The molecule has 0 saturated heterocycles. The number of anilines is 1. The summed E-state index contributed by atoms with van der Waals surface area (Å²) in [6.07, 6.45) is -4.97. The van der Waals surface area contributed by atoms with Crippen LogP contribution in [0.25, 0.3) is 0 Å². The molecule has 0 spiro atoms. The zero-order valence-corrected chi connectivity index (χ0v) is 10.2. The van der Waals surface area contributed by atoms with Crippen LogP contribution in [-0.2, 0) is 12.0 Å². The van der Waals surface area contributed by atoms with Crippen LogP contribution in [0, 0.1) is 0 Å². The molecule has 0 unspecified atom stereocenters. The third kappa shape index (κ3) is 3.90. The smallest absolute Gasteiger partial charge is 0.381 e. The van der Waals surface area contributed by atoms with Crippen molar-refractivity contribution in [3.63, 3.8) is 0 Å². The van der Waals surface area contributed by atoms with Gasteiger partial charge in [-0.3, -0.25) is 0 Å². The van der Waals surface area contributed by atoms with E-state index in [9.17, 15) is 13.2 Å². The molecule has 0 aliphatic heterocycles. The number of aryl methyl sites for hydroxylation is 1. The molecular weight excluding hydrogens is 233 g/mol. The van der Waals surface area contributed by atoms with Crippen LogP contribution in [-0.4, -0.2) is 21.2 Å². The van der Waals surface area contributed by atoms with Gasteiger partial charge in [-0.2, -0.15) is 13.2 Å². The zero-order valence-electron chi connectivity index (χ0n) is 10.2. The zero-order chi connectivity index (χ0) is 13.3. The molecule has 0 radical (unpaired) electrons. The Hall–Kier alpha value is -1.27. The van der Waals surface area contributed by atoms with Crippen molar-refractivity contribution in [2.24, 2.45) is 0 Å². The van der Waals surface area contributed by atoms with Crippen molar-refractivity contribution in [2.45, 2.75) is 51.7 Å². The van der Waals surface area contributed by atoms with Gasteiger partial charge in [0.2, 0.25) is 0 Å². The van der Waals surface area contributed by atoms with E-state index in [2.05, 4.69) is 10.3 Å². The Morgan fingerprint density at radius 2 is 1.82 bits per heavy atom. The summed E-state index contributed by atoms with van der Waals surface area (Å²) in [6.45, 7) is 5.93.